The lowest BCUT2D eigenvalue weighted by atomic mass is 10.0. The minimum atomic E-state index is -3.53. The van der Waals surface area contributed by atoms with Crippen LogP contribution in [0.25, 0.3) is 0 Å². The summed E-state index contributed by atoms with van der Waals surface area (Å²) in [7, 11) is -3.53. The molecule has 138 valence electrons. The van der Waals surface area contributed by atoms with E-state index in [2.05, 4.69) is 10.5 Å². The highest BCUT2D eigenvalue weighted by Gasteiger charge is 2.13. The smallest absolute Gasteiger partial charge is 0.264 e. The van der Waals surface area contributed by atoms with Gasteiger partial charge < -0.3 is 0 Å². The van der Waals surface area contributed by atoms with Crippen molar-refractivity contribution in [2.75, 3.05) is 6.26 Å². The van der Waals surface area contributed by atoms with Crippen LogP contribution in [0.4, 0.5) is 0 Å². The zero-order chi connectivity index (χ0) is 19.0. The first-order valence-corrected chi connectivity index (χ1v) is 10.0. The van der Waals surface area contributed by atoms with Gasteiger partial charge in [0.05, 0.1) is 18.1 Å². The van der Waals surface area contributed by atoms with Crippen LogP contribution < -0.4 is 5.43 Å². The molecule has 0 bridgehead atoms. The second kappa shape index (κ2) is 9.26. The number of nitrogens with zero attached hydrogens (tertiary/aromatic N) is 1. The number of nitrogens with one attached hydrogen (secondary N) is 1. The van der Waals surface area contributed by atoms with E-state index in [1.807, 2.05) is 60.7 Å². The minimum Gasteiger partial charge on any atom is -0.273 e. The standard InChI is InChI=1S/C19H22N2O4S/c1-15(25-26(2,23)24)13-14-18(22)20-21-19(16-9-5-3-6-10-16)17-11-7-4-8-12-17/h3-12,15H,13-14H2,1-2H3,(H,20,22). The molecule has 7 heteroatoms. The van der Waals surface area contributed by atoms with Crippen molar-refractivity contribution in [2.45, 2.75) is 25.9 Å². The first kappa shape index (κ1) is 19.8. The summed E-state index contributed by atoms with van der Waals surface area (Å²) >= 11 is 0. The fourth-order valence-electron chi connectivity index (χ4n) is 2.34. The van der Waals surface area contributed by atoms with Gasteiger partial charge in [0, 0.05) is 17.5 Å². The number of amides is 1. The molecule has 0 saturated carbocycles. The molecule has 2 aromatic rings. The van der Waals surface area contributed by atoms with Crippen LogP contribution in [-0.2, 0) is 19.1 Å². The molecule has 0 aliphatic heterocycles. The van der Waals surface area contributed by atoms with E-state index >= 15 is 0 Å². The van der Waals surface area contributed by atoms with Crippen LogP contribution >= 0.6 is 0 Å². The van der Waals surface area contributed by atoms with Crippen molar-refractivity contribution in [1.29, 1.82) is 0 Å². The van der Waals surface area contributed by atoms with Gasteiger partial charge >= 0.3 is 0 Å². The lowest BCUT2D eigenvalue weighted by molar-refractivity contribution is -0.121. The Bertz CT molecular complexity index is 808. The lowest BCUT2D eigenvalue weighted by Crippen LogP contribution is -2.23. The molecule has 1 atom stereocenters. The summed E-state index contributed by atoms with van der Waals surface area (Å²) in [5, 5.41) is 4.27. The summed E-state index contributed by atoms with van der Waals surface area (Å²) in [6, 6.07) is 19.1. The highest BCUT2D eigenvalue weighted by atomic mass is 32.2. The minimum absolute atomic E-state index is 0.108. The van der Waals surface area contributed by atoms with Crippen molar-refractivity contribution in [1.82, 2.24) is 5.43 Å². The molecule has 0 aliphatic rings. The maximum absolute atomic E-state index is 12.1. The van der Waals surface area contributed by atoms with Crippen molar-refractivity contribution in [3.05, 3.63) is 71.8 Å². The summed E-state index contributed by atoms with van der Waals surface area (Å²) in [6.07, 6.45) is 0.805. The molecule has 1 unspecified atom stereocenters. The monoisotopic (exact) mass is 374 g/mol. The molecule has 0 radical (unpaired) electrons. The molecule has 0 aromatic heterocycles. The number of rotatable bonds is 8. The number of hydrazone groups is 1. The van der Waals surface area contributed by atoms with Crippen molar-refractivity contribution < 1.29 is 17.4 Å². The van der Waals surface area contributed by atoms with Gasteiger partial charge in [-0.2, -0.15) is 13.5 Å². The van der Waals surface area contributed by atoms with Gasteiger partial charge in [-0.05, 0) is 13.3 Å². The third kappa shape index (κ3) is 6.78. The van der Waals surface area contributed by atoms with Crippen LogP contribution in [0, 0.1) is 0 Å². The van der Waals surface area contributed by atoms with Gasteiger partial charge in [-0.15, -0.1) is 0 Å². The van der Waals surface area contributed by atoms with Gasteiger partial charge in [0.1, 0.15) is 0 Å². The van der Waals surface area contributed by atoms with E-state index in [-0.39, 0.29) is 18.7 Å². The number of carbonyl (C=O) groups excluding carboxylic acids is 1. The Morgan fingerprint density at radius 1 is 1.04 bits per heavy atom. The molecular weight excluding hydrogens is 352 g/mol. The molecule has 0 heterocycles. The summed E-state index contributed by atoms with van der Waals surface area (Å²) in [5.74, 6) is -0.307. The van der Waals surface area contributed by atoms with E-state index in [4.69, 9.17) is 4.18 Å². The number of benzene rings is 2. The molecule has 1 N–H and O–H groups in total. The first-order chi connectivity index (χ1) is 12.3. The van der Waals surface area contributed by atoms with Gasteiger partial charge in [0.15, 0.2) is 0 Å². The summed E-state index contributed by atoms with van der Waals surface area (Å²) in [6.45, 7) is 1.61. The molecule has 2 rings (SSSR count). The van der Waals surface area contributed by atoms with Crippen molar-refractivity contribution in [2.24, 2.45) is 5.10 Å². The van der Waals surface area contributed by atoms with Crippen LogP contribution in [0.15, 0.2) is 65.8 Å². The third-order valence-electron chi connectivity index (χ3n) is 3.50. The summed E-state index contributed by atoms with van der Waals surface area (Å²) < 4.78 is 26.9. The largest absolute Gasteiger partial charge is 0.273 e. The molecule has 6 nitrogen and oxygen atoms in total. The number of hydrogen-bond acceptors (Lipinski definition) is 5. The van der Waals surface area contributed by atoms with Crippen LogP contribution in [-0.4, -0.2) is 32.4 Å². The number of hydrogen-bond donors (Lipinski definition) is 1. The number of carbonyl (C=O) groups is 1. The highest BCUT2D eigenvalue weighted by molar-refractivity contribution is 7.86. The van der Waals surface area contributed by atoms with Gasteiger partial charge in [0.25, 0.3) is 10.1 Å². The lowest BCUT2D eigenvalue weighted by Gasteiger charge is -2.11. The SMILES string of the molecule is CC(CCC(=O)NN=C(c1ccccc1)c1ccccc1)OS(C)(=O)=O. The maximum Gasteiger partial charge on any atom is 0.264 e. The zero-order valence-corrected chi connectivity index (χ0v) is 15.6. The zero-order valence-electron chi connectivity index (χ0n) is 14.8. The molecule has 0 saturated heterocycles. The van der Waals surface area contributed by atoms with E-state index in [9.17, 15) is 13.2 Å². The molecule has 0 aliphatic carbocycles. The summed E-state index contributed by atoms with van der Waals surface area (Å²) in [4.78, 5) is 12.1. The quantitative estimate of drug-likeness (QED) is 0.437. The van der Waals surface area contributed by atoms with E-state index in [1.165, 1.54) is 0 Å². The van der Waals surface area contributed by atoms with Crippen LogP contribution in [0.3, 0.4) is 0 Å². The average molecular weight is 374 g/mol. The van der Waals surface area contributed by atoms with Gasteiger partial charge in [-0.1, -0.05) is 60.7 Å². The Hall–Kier alpha value is -2.51. The normalized spacial score (nSPS) is 12.2. The molecule has 2 aromatic carbocycles. The Kier molecular flexibility index (Phi) is 7.06. The fraction of sp³-hybridized carbons (Fsp3) is 0.263. The first-order valence-electron chi connectivity index (χ1n) is 8.21. The molecular formula is C19H22N2O4S. The second-order valence-electron chi connectivity index (χ2n) is 5.88. The van der Waals surface area contributed by atoms with Crippen molar-refractivity contribution in [3.63, 3.8) is 0 Å². The van der Waals surface area contributed by atoms with Crippen molar-refractivity contribution >= 4 is 21.7 Å². The van der Waals surface area contributed by atoms with E-state index < -0.39 is 16.2 Å². The molecule has 26 heavy (non-hydrogen) atoms. The second-order valence-corrected chi connectivity index (χ2v) is 7.48. The van der Waals surface area contributed by atoms with Gasteiger partial charge in [-0.3, -0.25) is 8.98 Å². The summed E-state index contributed by atoms with van der Waals surface area (Å²) in [5.41, 5.74) is 4.96. The Labute approximate surface area is 154 Å². The van der Waals surface area contributed by atoms with E-state index in [0.717, 1.165) is 17.4 Å². The van der Waals surface area contributed by atoms with Crippen molar-refractivity contribution in [3.8, 4) is 0 Å². The predicted octanol–water partition coefficient (Wildman–Crippen LogP) is 2.70. The van der Waals surface area contributed by atoms with Crippen LogP contribution in [0.1, 0.15) is 30.9 Å². The van der Waals surface area contributed by atoms with Crippen LogP contribution in [0.5, 0.6) is 0 Å². The Balaban J connectivity index is 2.05. The van der Waals surface area contributed by atoms with E-state index in [1.54, 1.807) is 6.92 Å². The Morgan fingerprint density at radius 3 is 2.00 bits per heavy atom. The van der Waals surface area contributed by atoms with Gasteiger partial charge in [-0.25, -0.2) is 5.43 Å². The topological polar surface area (TPSA) is 84.8 Å². The molecule has 0 fully saturated rings. The fourth-order valence-corrected chi connectivity index (χ4v) is 3.04. The Morgan fingerprint density at radius 2 is 1.54 bits per heavy atom. The predicted molar refractivity (Wildman–Crippen MR) is 101 cm³/mol. The third-order valence-corrected chi connectivity index (χ3v) is 4.18. The van der Waals surface area contributed by atoms with Gasteiger partial charge in [0.2, 0.25) is 5.91 Å². The van der Waals surface area contributed by atoms with E-state index in [0.29, 0.717) is 5.71 Å². The highest BCUT2D eigenvalue weighted by Crippen LogP contribution is 2.11. The van der Waals surface area contributed by atoms with Crippen LogP contribution in [0.2, 0.25) is 0 Å². The molecule has 1 amide bonds. The maximum atomic E-state index is 12.1. The average Bonchev–Trinajstić information content (AvgIpc) is 2.60. The molecule has 0 spiro atoms.